The van der Waals surface area contributed by atoms with E-state index in [-0.39, 0.29) is 17.9 Å². The summed E-state index contributed by atoms with van der Waals surface area (Å²) < 4.78 is 16.9. The van der Waals surface area contributed by atoms with Gasteiger partial charge < -0.3 is 10.6 Å². The van der Waals surface area contributed by atoms with Crippen molar-refractivity contribution in [2.45, 2.75) is 32.0 Å². The molecule has 0 radical (unpaired) electrons. The van der Waals surface area contributed by atoms with Crippen LogP contribution < -0.4 is 10.6 Å². The number of hydrogen-bond acceptors (Lipinski definition) is 5. The number of carbonyl (C=O) groups excluding carboxylic acids is 1. The lowest BCUT2D eigenvalue weighted by molar-refractivity contribution is 0.0295. The number of benzene rings is 2. The third-order valence-electron chi connectivity index (χ3n) is 7.21. The molecule has 3 saturated heterocycles. The van der Waals surface area contributed by atoms with Crippen LogP contribution in [0.1, 0.15) is 35.2 Å². The number of aromatic nitrogens is 3. The highest BCUT2D eigenvalue weighted by Gasteiger charge is 2.34. The second-order valence-corrected chi connectivity index (χ2v) is 10.3. The molecule has 0 spiro atoms. The van der Waals surface area contributed by atoms with E-state index in [2.05, 4.69) is 41.5 Å². The van der Waals surface area contributed by atoms with Crippen molar-refractivity contribution in [1.82, 2.24) is 24.8 Å². The number of piperidine rings is 3. The smallest absolute Gasteiger partial charge is 0.252 e. The topological polar surface area (TPSA) is 74.6 Å². The van der Waals surface area contributed by atoms with E-state index in [4.69, 9.17) is 0 Å². The highest BCUT2D eigenvalue weighted by molar-refractivity contribution is 9.10. The molecule has 0 aliphatic carbocycles. The fourth-order valence-corrected chi connectivity index (χ4v) is 5.53. The lowest BCUT2D eigenvalue weighted by Crippen LogP contribution is -2.56. The van der Waals surface area contributed by atoms with E-state index in [1.54, 1.807) is 35.0 Å². The second kappa shape index (κ2) is 9.63. The summed E-state index contributed by atoms with van der Waals surface area (Å²) in [7, 11) is 0. The fraction of sp³-hybridized carbons (Fsp3) is 0.296. The molecule has 2 N–H and O–H groups in total. The number of nitrogens with zero attached hydrogens (tertiary/aromatic N) is 4. The zero-order valence-corrected chi connectivity index (χ0v) is 21.2. The van der Waals surface area contributed by atoms with Gasteiger partial charge >= 0.3 is 0 Å². The molecule has 3 fully saturated rings. The van der Waals surface area contributed by atoms with Crippen LogP contribution in [0, 0.1) is 11.7 Å². The Kier molecular flexibility index (Phi) is 6.18. The minimum absolute atomic E-state index is 0.0289. The third-order valence-corrected chi connectivity index (χ3v) is 7.77. The predicted octanol–water partition coefficient (Wildman–Crippen LogP) is 5.08. The molecule has 0 saturated carbocycles. The Morgan fingerprint density at radius 1 is 1.11 bits per heavy atom. The van der Waals surface area contributed by atoms with Gasteiger partial charge in [0, 0.05) is 36.8 Å². The average Bonchev–Trinajstić information content (AvgIpc) is 3.29. The molecule has 184 valence electrons. The van der Waals surface area contributed by atoms with E-state index >= 15 is 0 Å². The van der Waals surface area contributed by atoms with Gasteiger partial charge in [0.15, 0.2) is 5.65 Å². The molecule has 5 heterocycles. The third kappa shape index (κ3) is 4.49. The van der Waals surface area contributed by atoms with Crippen LogP contribution in [0.2, 0.25) is 0 Å². The maximum atomic E-state index is 14.4. The number of amides is 1. The van der Waals surface area contributed by atoms with Crippen molar-refractivity contribution < 1.29 is 9.18 Å². The first-order valence-corrected chi connectivity index (χ1v) is 13.0. The van der Waals surface area contributed by atoms with Gasteiger partial charge in [-0.3, -0.25) is 9.69 Å². The van der Waals surface area contributed by atoms with Crippen LogP contribution in [-0.2, 0) is 6.54 Å². The summed E-state index contributed by atoms with van der Waals surface area (Å²) >= 11 is 3.48. The molecule has 9 heteroatoms. The molecule has 1 atom stereocenters. The molecule has 2 aromatic carbocycles. The van der Waals surface area contributed by atoms with Gasteiger partial charge in [-0.1, -0.05) is 24.3 Å². The molecule has 7 rings (SSSR count). The van der Waals surface area contributed by atoms with E-state index < -0.39 is 0 Å². The summed E-state index contributed by atoms with van der Waals surface area (Å²) in [6.07, 6.45) is 5.36. The van der Waals surface area contributed by atoms with Crippen LogP contribution in [0.3, 0.4) is 0 Å². The molecule has 2 aromatic heterocycles. The zero-order valence-electron chi connectivity index (χ0n) is 19.6. The first-order valence-electron chi connectivity index (χ1n) is 12.2. The van der Waals surface area contributed by atoms with E-state index in [1.165, 1.54) is 18.9 Å². The Morgan fingerprint density at radius 2 is 1.89 bits per heavy atom. The second-order valence-electron chi connectivity index (χ2n) is 9.49. The monoisotopic (exact) mass is 548 g/mol. The first kappa shape index (κ1) is 23.1. The van der Waals surface area contributed by atoms with Crippen molar-refractivity contribution in [3.05, 3.63) is 82.2 Å². The van der Waals surface area contributed by atoms with Crippen molar-refractivity contribution in [2.24, 2.45) is 5.92 Å². The summed E-state index contributed by atoms with van der Waals surface area (Å²) in [4.78, 5) is 19.8. The molecule has 36 heavy (non-hydrogen) atoms. The fourth-order valence-electron chi connectivity index (χ4n) is 5.19. The molecule has 1 amide bonds. The molecule has 2 bridgehead atoms. The molecule has 4 aromatic rings. The normalized spacial score (nSPS) is 21.0. The molecular formula is C27H26BrFN6O. The van der Waals surface area contributed by atoms with Gasteiger partial charge in [-0.15, -0.1) is 0 Å². The summed E-state index contributed by atoms with van der Waals surface area (Å²) in [5.74, 6) is 1.07. The summed E-state index contributed by atoms with van der Waals surface area (Å²) in [6.45, 7) is 2.66. The summed E-state index contributed by atoms with van der Waals surface area (Å²) in [6, 6.07) is 16.0. The minimum Gasteiger partial charge on any atom is -0.366 e. The average molecular weight is 549 g/mol. The van der Waals surface area contributed by atoms with Crippen LogP contribution in [0.4, 0.5) is 10.2 Å². The van der Waals surface area contributed by atoms with E-state index in [1.807, 2.05) is 24.3 Å². The van der Waals surface area contributed by atoms with Crippen molar-refractivity contribution in [1.29, 1.82) is 0 Å². The van der Waals surface area contributed by atoms with Crippen molar-refractivity contribution in [2.75, 3.05) is 18.4 Å². The Bertz CT molecular complexity index is 1410. The minimum atomic E-state index is -0.331. The number of anilines is 1. The Balaban J connectivity index is 1.17. The maximum absolute atomic E-state index is 14.4. The largest absolute Gasteiger partial charge is 0.366 e. The van der Waals surface area contributed by atoms with Crippen LogP contribution >= 0.6 is 15.9 Å². The molecule has 3 aliphatic heterocycles. The van der Waals surface area contributed by atoms with E-state index in [0.29, 0.717) is 34.8 Å². The number of carbonyl (C=O) groups is 1. The van der Waals surface area contributed by atoms with Gasteiger partial charge in [0.2, 0.25) is 0 Å². The van der Waals surface area contributed by atoms with Gasteiger partial charge in [0.05, 0.1) is 22.5 Å². The van der Waals surface area contributed by atoms with Crippen molar-refractivity contribution in [3.8, 4) is 11.3 Å². The first-order chi connectivity index (χ1) is 17.5. The SMILES string of the molecule is O=C(NC1CC2CCN1CC2)c1ccc(CNc2cc(-c3ccccc3F)nc3c(Br)cnn23)cc1. The van der Waals surface area contributed by atoms with E-state index in [9.17, 15) is 9.18 Å². The van der Waals surface area contributed by atoms with Gasteiger partial charge in [0.1, 0.15) is 11.6 Å². The number of rotatable bonds is 6. The maximum Gasteiger partial charge on any atom is 0.252 e. The number of nitrogens with one attached hydrogen (secondary N) is 2. The zero-order chi connectivity index (χ0) is 24.6. The lowest BCUT2D eigenvalue weighted by atomic mass is 9.86. The van der Waals surface area contributed by atoms with Crippen LogP contribution in [-0.4, -0.2) is 44.7 Å². The Morgan fingerprint density at radius 3 is 2.61 bits per heavy atom. The Hall–Kier alpha value is -3.30. The van der Waals surface area contributed by atoms with Crippen molar-refractivity contribution in [3.63, 3.8) is 0 Å². The molecular weight excluding hydrogens is 523 g/mol. The van der Waals surface area contributed by atoms with Gasteiger partial charge in [-0.2, -0.15) is 9.61 Å². The predicted molar refractivity (Wildman–Crippen MR) is 140 cm³/mol. The highest BCUT2D eigenvalue weighted by Crippen LogP contribution is 2.31. The van der Waals surface area contributed by atoms with E-state index in [0.717, 1.165) is 35.5 Å². The standard InChI is InChI=1S/C27H26BrFN6O/c28-21-16-31-35-24(14-23(32-26(21)35)20-3-1-2-4-22(20)29)30-15-18-5-7-19(8-6-18)27(36)33-25-13-17-9-11-34(25)12-10-17/h1-8,14,16-17,25,30H,9-13,15H2,(H,33,36). The number of halogens is 2. The Labute approximate surface area is 216 Å². The van der Waals surface area contributed by atoms with Crippen LogP contribution in [0.5, 0.6) is 0 Å². The quantitative estimate of drug-likeness (QED) is 0.351. The van der Waals surface area contributed by atoms with Crippen molar-refractivity contribution >= 4 is 33.3 Å². The van der Waals surface area contributed by atoms with Gasteiger partial charge in [-0.05, 0) is 70.9 Å². The van der Waals surface area contributed by atoms with Gasteiger partial charge in [-0.25, -0.2) is 9.37 Å². The van der Waals surface area contributed by atoms with Gasteiger partial charge in [0.25, 0.3) is 5.91 Å². The summed E-state index contributed by atoms with van der Waals surface area (Å²) in [5, 5.41) is 11.0. The molecule has 1 unspecified atom stereocenters. The number of hydrogen-bond donors (Lipinski definition) is 2. The van der Waals surface area contributed by atoms with Crippen LogP contribution in [0.15, 0.2) is 65.3 Å². The summed E-state index contributed by atoms with van der Waals surface area (Å²) in [5.41, 5.74) is 3.20. The molecule has 7 nitrogen and oxygen atoms in total. The lowest BCUT2D eigenvalue weighted by Gasteiger charge is -2.45. The molecule has 3 aliphatic rings. The highest BCUT2D eigenvalue weighted by atomic mass is 79.9. The van der Waals surface area contributed by atoms with Crippen LogP contribution in [0.25, 0.3) is 16.9 Å². The number of fused-ring (bicyclic) bond motifs is 4.